The minimum absolute atomic E-state index is 0.594. The Bertz CT molecular complexity index is 247. The van der Waals surface area contributed by atoms with E-state index in [0.29, 0.717) is 6.10 Å². The number of unbranched alkanes of at least 4 members (excludes halogenated alkanes) is 1. The average Bonchev–Trinajstić information content (AvgIpc) is 2.53. The van der Waals surface area contributed by atoms with E-state index in [1.54, 1.807) is 0 Å². The molecule has 124 valence electrons. The largest absolute Gasteiger partial charge is 0.378 e. The maximum Gasteiger partial charge on any atom is 0.0575 e. The van der Waals surface area contributed by atoms with Gasteiger partial charge >= 0.3 is 0 Å². The van der Waals surface area contributed by atoms with E-state index in [2.05, 4.69) is 13.8 Å². The van der Waals surface area contributed by atoms with E-state index in [1.165, 1.54) is 83.5 Å². The Morgan fingerprint density at radius 3 is 1.86 bits per heavy atom. The zero-order valence-corrected chi connectivity index (χ0v) is 14.6. The van der Waals surface area contributed by atoms with Gasteiger partial charge in [0.2, 0.25) is 0 Å². The lowest BCUT2D eigenvalue weighted by Gasteiger charge is -2.32. The van der Waals surface area contributed by atoms with Crippen LogP contribution in [-0.4, -0.2) is 12.7 Å². The van der Waals surface area contributed by atoms with Crippen molar-refractivity contribution in [3.8, 4) is 0 Å². The number of ether oxygens (including phenoxy) is 1. The Morgan fingerprint density at radius 2 is 1.24 bits per heavy atom. The lowest BCUT2D eigenvalue weighted by molar-refractivity contribution is -0.0104. The van der Waals surface area contributed by atoms with Crippen LogP contribution in [0.1, 0.15) is 97.3 Å². The summed E-state index contributed by atoms with van der Waals surface area (Å²) in [4.78, 5) is 0. The highest BCUT2D eigenvalue weighted by atomic mass is 16.5. The molecule has 0 heterocycles. The lowest BCUT2D eigenvalue weighted by Crippen LogP contribution is -2.26. The minimum Gasteiger partial charge on any atom is -0.378 e. The molecule has 2 fully saturated rings. The molecule has 0 saturated heterocycles. The van der Waals surface area contributed by atoms with E-state index in [4.69, 9.17) is 4.74 Å². The molecule has 2 aliphatic rings. The van der Waals surface area contributed by atoms with Gasteiger partial charge in [-0.05, 0) is 56.3 Å². The van der Waals surface area contributed by atoms with Crippen LogP contribution >= 0.6 is 0 Å². The Balaban J connectivity index is 1.54. The Morgan fingerprint density at radius 1 is 0.667 bits per heavy atom. The Hall–Kier alpha value is -0.0400. The van der Waals surface area contributed by atoms with Crippen molar-refractivity contribution in [2.45, 2.75) is 103 Å². The highest BCUT2D eigenvalue weighted by Gasteiger charge is 2.24. The van der Waals surface area contributed by atoms with E-state index >= 15 is 0 Å². The molecule has 0 spiro atoms. The van der Waals surface area contributed by atoms with Gasteiger partial charge in [-0.2, -0.15) is 0 Å². The van der Waals surface area contributed by atoms with Crippen molar-refractivity contribution in [3.63, 3.8) is 0 Å². The first-order valence-electron chi connectivity index (χ1n) is 9.93. The van der Waals surface area contributed by atoms with Crippen molar-refractivity contribution in [1.29, 1.82) is 0 Å². The molecule has 2 saturated carbocycles. The molecule has 1 heteroatoms. The molecular weight excluding hydrogens is 256 g/mol. The smallest absolute Gasteiger partial charge is 0.0575 e. The molecule has 0 aromatic rings. The van der Waals surface area contributed by atoms with Gasteiger partial charge in [-0.3, -0.25) is 0 Å². The van der Waals surface area contributed by atoms with Gasteiger partial charge in [-0.15, -0.1) is 0 Å². The second-order valence-corrected chi connectivity index (χ2v) is 7.79. The van der Waals surface area contributed by atoms with Gasteiger partial charge in [-0.1, -0.05) is 58.8 Å². The summed E-state index contributed by atoms with van der Waals surface area (Å²) >= 11 is 0. The normalized spacial score (nSPS) is 34.0. The van der Waals surface area contributed by atoms with Gasteiger partial charge in [0.15, 0.2) is 0 Å². The topological polar surface area (TPSA) is 9.23 Å². The molecule has 0 atom stereocenters. The van der Waals surface area contributed by atoms with E-state index in [1.807, 2.05) is 0 Å². The van der Waals surface area contributed by atoms with Gasteiger partial charge < -0.3 is 4.74 Å². The summed E-state index contributed by atoms with van der Waals surface area (Å²) in [5, 5.41) is 0. The van der Waals surface area contributed by atoms with Crippen LogP contribution in [-0.2, 0) is 4.74 Å². The fourth-order valence-corrected chi connectivity index (χ4v) is 4.45. The van der Waals surface area contributed by atoms with Crippen molar-refractivity contribution in [3.05, 3.63) is 0 Å². The van der Waals surface area contributed by atoms with Crippen molar-refractivity contribution in [1.82, 2.24) is 0 Å². The molecular formula is C20H38O. The van der Waals surface area contributed by atoms with Crippen LogP contribution in [0.3, 0.4) is 0 Å². The van der Waals surface area contributed by atoms with Crippen LogP contribution in [0.5, 0.6) is 0 Å². The first kappa shape index (κ1) is 17.3. The number of rotatable bonds is 8. The lowest BCUT2D eigenvalue weighted by atomic mass is 9.80. The third-order valence-corrected chi connectivity index (χ3v) is 5.99. The first-order valence-corrected chi connectivity index (χ1v) is 9.93. The zero-order chi connectivity index (χ0) is 14.9. The molecule has 0 radical (unpaired) electrons. The van der Waals surface area contributed by atoms with Crippen LogP contribution in [0.2, 0.25) is 0 Å². The second kappa shape index (κ2) is 9.87. The van der Waals surface area contributed by atoms with Crippen molar-refractivity contribution in [2.24, 2.45) is 17.8 Å². The molecule has 0 unspecified atom stereocenters. The van der Waals surface area contributed by atoms with Crippen LogP contribution in [0.4, 0.5) is 0 Å². The number of hydrogen-bond donors (Lipinski definition) is 0. The quantitative estimate of drug-likeness (QED) is 0.506. The van der Waals surface area contributed by atoms with Crippen LogP contribution in [0, 0.1) is 17.8 Å². The predicted molar refractivity (Wildman–Crippen MR) is 91.6 cm³/mol. The van der Waals surface area contributed by atoms with Gasteiger partial charge in [0.05, 0.1) is 6.10 Å². The molecule has 2 aliphatic carbocycles. The summed E-state index contributed by atoms with van der Waals surface area (Å²) in [5.74, 6) is 2.91. The summed E-state index contributed by atoms with van der Waals surface area (Å²) in [7, 11) is 0. The molecule has 1 nitrogen and oxygen atoms in total. The van der Waals surface area contributed by atoms with E-state index < -0.39 is 0 Å². The van der Waals surface area contributed by atoms with E-state index in [9.17, 15) is 0 Å². The maximum absolute atomic E-state index is 6.27. The molecule has 21 heavy (non-hydrogen) atoms. The monoisotopic (exact) mass is 294 g/mol. The van der Waals surface area contributed by atoms with Crippen molar-refractivity contribution in [2.75, 3.05) is 6.61 Å². The second-order valence-electron chi connectivity index (χ2n) is 7.79. The van der Waals surface area contributed by atoms with Crippen LogP contribution in [0.25, 0.3) is 0 Å². The Labute approximate surface area is 133 Å². The Kier molecular flexibility index (Phi) is 8.14. The molecule has 0 amide bonds. The molecule has 0 aromatic carbocycles. The standard InChI is InChI=1S/C20H38O/c1-3-5-7-18-12-14-20(15-13-18)21-16-19-10-8-17(6-4-2)9-11-19/h17-20H,3-16H2,1-2H3/t17-,18?,19-,20?. The molecule has 2 rings (SSSR count). The predicted octanol–water partition coefficient (Wildman–Crippen LogP) is 6.36. The summed E-state index contributed by atoms with van der Waals surface area (Å²) in [6.07, 6.45) is 19.0. The highest BCUT2D eigenvalue weighted by molar-refractivity contribution is 4.75. The first-order chi connectivity index (χ1) is 10.3. The van der Waals surface area contributed by atoms with Crippen LogP contribution < -0.4 is 0 Å². The third kappa shape index (κ3) is 6.30. The van der Waals surface area contributed by atoms with E-state index in [-0.39, 0.29) is 0 Å². The fraction of sp³-hybridized carbons (Fsp3) is 1.00. The summed E-state index contributed by atoms with van der Waals surface area (Å²) in [5.41, 5.74) is 0. The SMILES string of the molecule is CCCCC1CCC(OC[C@H]2CC[C@H](CCC)CC2)CC1. The third-order valence-electron chi connectivity index (χ3n) is 5.99. The molecule has 0 bridgehead atoms. The summed E-state index contributed by atoms with van der Waals surface area (Å²) in [6, 6.07) is 0. The molecule has 0 aromatic heterocycles. The minimum atomic E-state index is 0.594. The fourth-order valence-electron chi connectivity index (χ4n) is 4.45. The van der Waals surface area contributed by atoms with Gasteiger partial charge in [0, 0.05) is 6.61 Å². The van der Waals surface area contributed by atoms with Gasteiger partial charge in [0.1, 0.15) is 0 Å². The summed E-state index contributed by atoms with van der Waals surface area (Å²) in [6.45, 7) is 5.69. The molecule has 0 aliphatic heterocycles. The van der Waals surface area contributed by atoms with Gasteiger partial charge in [-0.25, -0.2) is 0 Å². The van der Waals surface area contributed by atoms with Crippen LogP contribution in [0.15, 0.2) is 0 Å². The highest BCUT2D eigenvalue weighted by Crippen LogP contribution is 2.33. The van der Waals surface area contributed by atoms with Crippen molar-refractivity contribution < 1.29 is 4.74 Å². The average molecular weight is 295 g/mol. The van der Waals surface area contributed by atoms with E-state index in [0.717, 1.165) is 24.4 Å². The number of hydrogen-bond acceptors (Lipinski definition) is 1. The van der Waals surface area contributed by atoms with Crippen molar-refractivity contribution >= 4 is 0 Å². The van der Waals surface area contributed by atoms with Gasteiger partial charge in [0.25, 0.3) is 0 Å². The maximum atomic E-state index is 6.27. The zero-order valence-electron chi connectivity index (χ0n) is 14.6. The summed E-state index contributed by atoms with van der Waals surface area (Å²) < 4.78 is 6.27. The molecule has 0 N–H and O–H groups in total.